The van der Waals surface area contributed by atoms with Crippen molar-refractivity contribution in [1.29, 1.82) is 0 Å². The van der Waals surface area contributed by atoms with Gasteiger partial charge < -0.3 is 19.5 Å². The largest absolute Gasteiger partial charge is 0.379 e. The van der Waals surface area contributed by atoms with E-state index in [9.17, 15) is 0 Å². The smallest absolute Gasteiger partial charge is 0.149 e. The molecule has 5 heteroatoms. The lowest BCUT2D eigenvalue weighted by molar-refractivity contribution is 0.0148. The van der Waals surface area contributed by atoms with Gasteiger partial charge in [0.05, 0.1) is 33.0 Å². The van der Waals surface area contributed by atoms with Crippen molar-refractivity contribution >= 4 is 6.71 Å². The van der Waals surface area contributed by atoms with Gasteiger partial charge in [0.15, 0.2) is 0 Å². The molecule has 18 heavy (non-hydrogen) atoms. The van der Waals surface area contributed by atoms with Crippen LogP contribution >= 0.6 is 0 Å². The molecule has 0 saturated carbocycles. The van der Waals surface area contributed by atoms with Crippen LogP contribution in [0.3, 0.4) is 0 Å². The van der Waals surface area contributed by atoms with Gasteiger partial charge in [0, 0.05) is 13.2 Å². The molecule has 0 aliphatic rings. The first-order valence-corrected chi connectivity index (χ1v) is 7.21. The Morgan fingerprint density at radius 2 is 1.39 bits per heavy atom. The van der Waals surface area contributed by atoms with E-state index < -0.39 is 0 Å². The summed E-state index contributed by atoms with van der Waals surface area (Å²) in [5.41, 5.74) is 0. The minimum absolute atomic E-state index is 0.654. The third-order valence-electron chi connectivity index (χ3n) is 2.36. The van der Waals surface area contributed by atoms with Gasteiger partial charge in [-0.25, -0.2) is 0 Å². The predicted molar refractivity (Wildman–Crippen MR) is 77.7 cm³/mol. The molecule has 0 saturated heterocycles. The molecule has 0 bridgehead atoms. The van der Waals surface area contributed by atoms with Gasteiger partial charge in [-0.2, -0.15) is 0 Å². The minimum atomic E-state index is 0.654. The summed E-state index contributed by atoms with van der Waals surface area (Å²) in [5, 5.41) is 3.33. The Balaban J connectivity index is 2.90. The van der Waals surface area contributed by atoms with Gasteiger partial charge in [-0.3, -0.25) is 0 Å². The van der Waals surface area contributed by atoms with Gasteiger partial charge in [-0.1, -0.05) is 27.0 Å². The van der Waals surface area contributed by atoms with E-state index in [4.69, 9.17) is 14.2 Å². The second kappa shape index (κ2) is 15.0. The van der Waals surface area contributed by atoms with E-state index in [0.717, 1.165) is 32.6 Å². The number of hydrogen-bond donors (Lipinski definition) is 1. The fourth-order valence-electron chi connectivity index (χ4n) is 1.32. The van der Waals surface area contributed by atoms with Crippen LogP contribution in [0.15, 0.2) is 0 Å². The Hall–Kier alpha value is -0.0951. The fourth-order valence-corrected chi connectivity index (χ4v) is 1.32. The van der Waals surface area contributed by atoms with Crippen molar-refractivity contribution in [1.82, 2.24) is 5.32 Å². The van der Waals surface area contributed by atoms with Crippen LogP contribution in [0.1, 0.15) is 19.8 Å². The topological polar surface area (TPSA) is 39.7 Å². The molecule has 1 N–H and O–H groups in total. The predicted octanol–water partition coefficient (Wildman–Crippen LogP) is 1.72. The van der Waals surface area contributed by atoms with Crippen LogP contribution in [0.25, 0.3) is 0 Å². The molecule has 0 radical (unpaired) electrons. The van der Waals surface area contributed by atoms with Crippen LogP contribution in [-0.4, -0.2) is 59.3 Å². The van der Waals surface area contributed by atoms with E-state index in [1.54, 1.807) is 0 Å². The van der Waals surface area contributed by atoms with E-state index in [1.807, 2.05) is 0 Å². The molecule has 0 spiro atoms. The van der Waals surface area contributed by atoms with E-state index in [1.165, 1.54) is 6.42 Å². The highest BCUT2D eigenvalue weighted by Gasteiger charge is 1.96. The summed E-state index contributed by atoms with van der Waals surface area (Å²) < 4.78 is 16.2. The minimum Gasteiger partial charge on any atom is -0.379 e. The summed E-state index contributed by atoms with van der Waals surface area (Å²) >= 11 is 0. The maximum Gasteiger partial charge on any atom is 0.149 e. The van der Waals surface area contributed by atoms with Crippen molar-refractivity contribution in [3.8, 4) is 0 Å². The van der Waals surface area contributed by atoms with Gasteiger partial charge in [-0.05, 0) is 12.9 Å². The zero-order valence-corrected chi connectivity index (χ0v) is 12.4. The molecule has 0 fully saturated rings. The van der Waals surface area contributed by atoms with E-state index in [2.05, 4.69) is 25.9 Å². The second-order valence-electron chi connectivity index (χ2n) is 4.79. The molecule has 0 rings (SSSR count). The Morgan fingerprint density at radius 1 is 0.833 bits per heavy atom. The Kier molecular flexibility index (Phi) is 14.9. The van der Waals surface area contributed by atoms with Crippen molar-refractivity contribution in [3.05, 3.63) is 0 Å². The number of hydrogen-bond acceptors (Lipinski definition) is 4. The summed E-state index contributed by atoms with van der Waals surface area (Å²) in [4.78, 5) is 0. The molecule has 0 unspecified atom stereocenters. The summed E-state index contributed by atoms with van der Waals surface area (Å²) in [7, 11) is 0. The average molecular weight is 259 g/mol. The second-order valence-corrected chi connectivity index (χ2v) is 4.79. The molecule has 0 atom stereocenters. The molecule has 0 amide bonds. The highest BCUT2D eigenvalue weighted by Crippen LogP contribution is 1.88. The third kappa shape index (κ3) is 15.9. The van der Waals surface area contributed by atoms with Crippen molar-refractivity contribution in [2.45, 2.75) is 33.4 Å². The van der Waals surface area contributed by atoms with Crippen LogP contribution in [0, 0.1) is 0 Å². The van der Waals surface area contributed by atoms with Crippen molar-refractivity contribution in [2.24, 2.45) is 0 Å². The van der Waals surface area contributed by atoms with Crippen LogP contribution in [0.5, 0.6) is 0 Å². The maximum atomic E-state index is 5.43. The van der Waals surface area contributed by atoms with E-state index >= 15 is 0 Å². The molecule has 0 aromatic rings. The quantitative estimate of drug-likeness (QED) is 0.381. The zero-order chi connectivity index (χ0) is 13.5. The summed E-state index contributed by atoms with van der Waals surface area (Å²) in [5.74, 6) is 0. The standard InChI is InChI=1S/C13H30BNO3/c1-4-5-7-16-9-11-18-12-10-17-8-6-15-13-14(2)3/h15H,4-13H2,1-3H3. The molecule has 0 aromatic carbocycles. The molecule has 0 aromatic heterocycles. The van der Waals surface area contributed by atoms with Crippen molar-refractivity contribution in [2.75, 3.05) is 52.6 Å². The highest BCUT2D eigenvalue weighted by molar-refractivity contribution is 6.55. The number of ether oxygens (including phenoxy) is 3. The van der Waals surface area contributed by atoms with Crippen LogP contribution in [0.2, 0.25) is 13.6 Å². The van der Waals surface area contributed by atoms with Crippen molar-refractivity contribution < 1.29 is 14.2 Å². The summed E-state index contributed by atoms with van der Waals surface area (Å²) in [6.07, 6.45) is 3.36. The fraction of sp³-hybridized carbons (Fsp3) is 1.00. The Labute approximate surface area is 113 Å². The first kappa shape index (κ1) is 17.9. The summed E-state index contributed by atoms with van der Waals surface area (Å²) in [6, 6.07) is 0. The normalized spacial score (nSPS) is 10.8. The van der Waals surface area contributed by atoms with Gasteiger partial charge in [0.2, 0.25) is 0 Å². The van der Waals surface area contributed by atoms with Gasteiger partial charge in [-0.15, -0.1) is 0 Å². The number of unbranched alkanes of at least 4 members (excludes halogenated alkanes) is 1. The maximum absolute atomic E-state index is 5.43. The van der Waals surface area contributed by atoms with Crippen LogP contribution in [-0.2, 0) is 14.2 Å². The average Bonchev–Trinajstić information content (AvgIpc) is 2.34. The Bertz CT molecular complexity index is 159. The lowest BCUT2D eigenvalue weighted by atomic mass is 9.55. The van der Waals surface area contributed by atoms with E-state index in [0.29, 0.717) is 33.1 Å². The molecule has 0 aliphatic carbocycles. The lowest BCUT2D eigenvalue weighted by Crippen LogP contribution is -2.29. The number of rotatable bonds is 14. The molecule has 0 aliphatic heterocycles. The van der Waals surface area contributed by atoms with Crippen molar-refractivity contribution in [3.63, 3.8) is 0 Å². The van der Waals surface area contributed by atoms with Crippen LogP contribution in [0.4, 0.5) is 0 Å². The van der Waals surface area contributed by atoms with Crippen LogP contribution < -0.4 is 5.32 Å². The van der Waals surface area contributed by atoms with Gasteiger partial charge >= 0.3 is 0 Å². The first-order chi connectivity index (χ1) is 8.77. The monoisotopic (exact) mass is 259 g/mol. The molecule has 0 heterocycles. The number of nitrogens with one attached hydrogen (secondary N) is 1. The first-order valence-electron chi connectivity index (χ1n) is 7.21. The molecule has 108 valence electrons. The van der Waals surface area contributed by atoms with Gasteiger partial charge in [0.25, 0.3) is 0 Å². The molecular formula is C13H30BNO3. The Morgan fingerprint density at radius 3 is 1.94 bits per heavy atom. The lowest BCUT2D eigenvalue weighted by Gasteiger charge is -2.08. The SMILES string of the molecule is CCCCOCCOCCOCCNCB(C)C. The summed E-state index contributed by atoms with van der Waals surface area (Å²) in [6.45, 7) is 12.4. The third-order valence-corrected chi connectivity index (χ3v) is 2.36. The van der Waals surface area contributed by atoms with E-state index in [-0.39, 0.29) is 0 Å². The molecular weight excluding hydrogens is 229 g/mol. The zero-order valence-electron chi connectivity index (χ0n) is 12.4. The highest BCUT2D eigenvalue weighted by atomic mass is 16.5. The van der Waals surface area contributed by atoms with Gasteiger partial charge in [0.1, 0.15) is 6.71 Å². The molecule has 4 nitrogen and oxygen atoms in total.